The Labute approximate surface area is 158 Å². The molecule has 6 nitrogen and oxygen atoms in total. The van der Waals surface area contributed by atoms with Crippen LogP contribution in [-0.4, -0.2) is 23.1 Å². The van der Waals surface area contributed by atoms with Gasteiger partial charge in [0.1, 0.15) is 5.58 Å². The molecule has 2 aromatic heterocycles. The summed E-state index contributed by atoms with van der Waals surface area (Å²) in [7, 11) is 1.83. The first kappa shape index (κ1) is 17.2. The molecule has 0 spiro atoms. The van der Waals surface area contributed by atoms with Gasteiger partial charge < -0.3 is 13.7 Å². The lowest BCUT2D eigenvalue weighted by atomic mass is 10.2. The van der Waals surface area contributed by atoms with E-state index in [1.165, 1.54) is 11.3 Å². The van der Waals surface area contributed by atoms with Crippen LogP contribution in [0.1, 0.15) is 27.8 Å². The molecule has 7 heteroatoms. The van der Waals surface area contributed by atoms with Gasteiger partial charge in [0.2, 0.25) is 0 Å². The van der Waals surface area contributed by atoms with Gasteiger partial charge in [0, 0.05) is 12.4 Å². The number of esters is 1. The lowest BCUT2D eigenvalue weighted by Crippen LogP contribution is -2.13. The van der Waals surface area contributed by atoms with Crippen molar-refractivity contribution in [2.24, 2.45) is 12.0 Å². The molecule has 0 saturated heterocycles. The fourth-order valence-electron chi connectivity index (χ4n) is 2.81. The number of carbonyl (C=O) groups excluding carboxylic acids is 2. The summed E-state index contributed by atoms with van der Waals surface area (Å²) in [5.74, 6) is -0.618. The summed E-state index contributed by atoms with van der Waals surface area (Å²) in [6, 6.07) is 14.4. The van der Waals surface area contributed by atoms with Crippen molar-refractivity contribution in [3.05, 3.63) is 64.7 Å². The van der Waals surface area contributed by atoms with E-state index in [1.54, 1.807) is 25.1 Å². The first-order valence-electron chi connectivity index (χ1n) is 8.41. The highest BCUT2D eigenvalue weighted by Gasteiger charge is 2.14. The van der Waals surface area contributed by atoms with E-state index in [9.17, 15) is 9.59 Å². The van der Waals surface area contributed by atoms with E-state index >= 15 is 0 Å². The molecular formula is C20H16N2O4S. The van der Waals surface area contributed by atoms with E-state index in [-0.39, 0.29) is 11.7 Å². The molecule has 0 atom stereocenters. The second-order valence-electron chi connectivity index (χ2n) is 5.91. The Morgan fingerprint density at radius 1 is 1.19 bits per heavy atom. The van der Waals surface area contributed by atoms with Gasteiger partial charge in [-0.15, -0.1) is 0 Å². The van der Waals surface area contributed by atoms with Crippen LogP contribution < -0.4 is 4.80 Å². The van der Waals surface area contributed by atoms with Crippen LogP contribution in [0.5, 0.6) is 0 Å². The number of fused-ring (bicyclic) bond motifs is 2. The third-order valence-corrected chi connectivity index (χ3v) is 5.25. The molecule has 136 valence electrons. The summed E-state index contributed by atoms with van der Waals surface area (Å²) in [5, 5.41) is 0.857. The Morgan fingerprint density at radius 3 is 2.78 bits per heavy atom. The number of aromatic nitrogens is 1. The summed E-state index contributed by atoms with van der Waals surface area (Å²) >= 11 is 1.33. The monoisotopic (exact) mass is 380 g/mol. The minimum Gasteiger partial charge on any atom is -0.462 e. The number of hydrogen-bond acceptors (Lipinski definition) is 5. The highest BCUT2D eigenvalue weighted by molar-refractivity contribution is 7.16. The number of thiazole rings is 1. The van der Waals surface area contributed by atoms with Crippen LogP contribution in [0.4, 0.5) is 0 Å². The molecule has 4 rings (SSSR count). The van der Waals surface area contributed by atoms with Crippen LogP contribution >= 0.6 is 11.3 Å². The SMILES string of the molecule is CCOC(=O)c1ccc2c(c1)sc(=NC(=O)c1cc3ccccc3o1)n2C. The Hall–Kier alpha value is -3.19. The number of amides is 1. The topological polar surface area (TPSA) is 73.8 Å². The second kappa shape index (κ2) is 6.85. The van der Waals surface area contributed by atoms with Gasteiger partial charge in [0.05, 0.1) is 22.4 Å². The molecule has 0 saturated carbocycles. The number of carbonyl (C=O) groups is 2. The number of benzene rings is 2. The maximum atomic E-state index is 12.5. The molecule has 0 N–H and O–H groups in total. The van der Waals surface area contributed by atoms with Crippen molar-refractivity contribution < 1.29 is 18.7 Å². The number of rotatable bonds is 3. The minimum absolute atomic E-state index is 0.195. The zero-order valence-corrected chi connectivity index (χ0v) is 15.6. The molecule has 27 heavy (non-hydrogen) atoms. The quantitative estimate of drug-likeness (QED) is 0.505. The normalized spacial score (nSPS) is 12.0. The number of ether oxygens (including phenoxy) is 1. The largest absolute Gasteiger partial charge is 0.462 e. The van der Waals surface area contributed by atoms with Gasteiger partial charge in [-0.05, 0) is 37.3 Å². The molecule has 0 radical (unpaired) electrons. The molecule has 0 fully saturated rings. The molecular weight excluding hydrogens is 364 g/mol. The van der Waals surface area contributed by atoms with Gasteiger partial charge in [-0.2, -0.15) is 4.99 Å². The fourth-order valence-corrected chi connectivity index (χ4v) is 3.87. The van der Waals surface area contributed by atoms with Crippen molar-refractivity contribution in [3.8, 4) is 0 Å². The maximum Gasteiger partial charge on any atom is 0.338 e. The van der Waals surface area contributed by atoms with Crippen molar-refractivity contribution in [2.75, 3.05) is 6.61 Å². The second-order valence-corrected chi connectivity index (χ2v) is 6.92. The summed E-state index contributed by atoms with van der Waals surface area (Å²) in [5.41, 5.74) is 2.00. The summed E-state index contributed by atoms with van der Waals surface area (Å²) in [4.78, 5) is 29.2. The first-order chi connectivity index (χ1) is 13.1. The zero-order chi connectivity index (χ0) is 19.0. The van der Waals surface area contributed by atoms with Crippen molar-refractivity contribution >= 4 is 44.4 Å². The Morgan fingerprint density at radius 2 is 2.00 bits per heavy atom. The van der Waals surface area contributed by atoms with E-state index in [4.69, 9.17) is 9.15 Å². The molecule has 2 aromatic carbocycles. The van der Waals surface area contributed by atoms with Crippen molar-refractivity contribution in [1.82, 2.24) is 4.57 Å². The number of hydrogen-bond donors (Lipinski definition) is 0. The van der Waals surface area contributed by atoms with Gasteiger partial charge in [-0.1, -0.05) is 29.5 Å². The van der Waals surface area contributed by atoms with Crippen LogP contribution in [-0.2, 0) is 11.8 Å². The van der Waals surface area contributed by atoms with E-state index in [2.05, 4.69) is 4.99 Å². The predicted octanol–water partition coefficient (Wildman–Crippen LogP) is 3.90. The number of nitrogens with zero attached hydrogens (tertiary/aromatic N) is 2. The zero-order valence-electron chi connectivity index (χ0n) is 14.8. The average Bonchev–Trinajstić information content (AvgIpc) is 3.23. The molecule has 2 heterocycles. The molecule has 4 aromatic rings. The Bertz CT molecular complexity index is 1210. The minimum atomic E-state index is -0.445. The van der Waals surface area contributed by atoms with Crippen molar-refractivity contribution in [2.45, 2.75) is 6.92 Å². The smallest absolute Gasteiger partial charge is 0.338 e. The summed E-state index contributed by atoms with van der Waals surface area (Å²) in [6.45, 7) is 2.09. The lowest BCUT2D eigenvalue weighted by Gasteiger charge is -2.01. The van der Waals surface area contributed by atoms with Crippen LogP contribution in [0.15, 0.2) is 57.9 Å². The number of furan rings is 1. The molecule has 0 aliphatic carbocycles. The van der Waals surface area contributed by atoms with Crippen LogP contribution in [0.25, 0.3) is 21.2 Å². The third-order valence-electron chi connectivity index (χ3n) is 4.15. The van der Waals surface area contributed by atoms with Crippen LogP contribution in [0.2, 0.25) is 0 Å². The van der Waals surface area contributed by atoms with Gasteiger partial charge in [0.15, 0.2) is 10.6 Å². The van der Waals surface area contributed by atoms with E-state index in [1.807, 2.05) is 41.9 Å². The van der Waals surface area contributed by atoms with Crippen molar-refractivity contribution in [3.63, 3.8) is 0 Å². The Balaban J connectivity index is 1.74. The molecule has 1 amide bonds. The average molecular weight is 380 g/mol. The molecule has 0 aliphatic heterocycles. The van der Waals surface area contributed by atoms with Gasteiger partial charge in [-0.3, -0.25) is 4.79 Å². The van der Waals surface area contributed by atoms with Crippen molar-refractivity contribution in [1.29, 1.82) is 0 Å². The van der Waals surface area contributed by atoms with Gasteiger partial charge >= 0.3 is 11.9 Å². The highest BCUT2D eigenvalue weighted by Crippen LogP contribution is 2.21. The van der Waals surface area contributed by atoms with Crippen LogP contribution in [0, 0.1) is 0 Å². The standard InChI is InChI=1S/C20H16N2O4S/c1-3-25-19(24)13-8-9-14-17(11-13)27-20(22(14)2)21-18(23)16-10-12-6-4-5-7-15(12)26-16/h4-11H,3H2,1-2H3. The first-order valence-corrected chi connectivity index (χ1v) is 9.23. The molecule has 0 bridgehead atoms. The van der Waals surface area contributed by atoms with E-state index in [0.717, 1.165) is 15.6 Å². The van der Waals surface area contributed by atoms with Crippen LogP contribution in [0.3, 0.4) is 0 Å². The van der Waals surface area contributed by atoms with Gasteiger partial charge in [-0.25, -0.2) is 4.79 Å². The fraction of sp³-hybridized carbons (Fsp3) is 0.150. The lowest BCUT2D eigenvalue weighted by molar-refractivity contribution is 0.0526. The third kappa shape index (κ3) is 3.17. The Kier molecular flexibility index (Phi) is 4.37. The molecule has 0 aliphatic rings. The summed E-state index contributed by atoms with van der Waals surface area (Å²) in [6.07, 6.45) is 0. The number of para-hydroxylation sites is 1. The predicted molar refractivity (Wildman–Crippen MR) is 103 cm³/mol. The highest BCUT2D eigenvalue weighted by atomic mass is 32.1. The van der Waals surface area contributed by atoms with E-state index < -0.39 is 5.91 Å². The number of aryl methyl sites for hydroxylation is 1. The van der Waals surface area contributed by atoms with E-state index in [0.29, 0.717) is 22.6 Å². The summed E-state index contributed by atoms with van der Waals surface area (Å²) < 4.78 is 13.3. The molecule has 0 unspecified atom stereocenters. The van der Waals surface area contributed by atoms with Gasteiger partial charge in [0.25, 0.3) is 0 Å². The maximum absolute atomic E-state index is 12.5.